The van der Waals surface area contributed by atoms with Gasteiger partial charge in [0, 0.05) is 44.5 Å². The number of hydrogen-bond acceptors (Lipinski definition) is 8. The van der Waals surface area contributed by atoms with Gasteiger partial charge in [0.05, 0.1) is 26.5 Å². The number of carbonyl (C=O) groups is 2. The van der Waals surface area contributed by atoms with Crippen LogP contribution in [0.3, 0.4) is 0 Å². The number of hydrogen-bond donors (Lipinski definition) is 1. The van der Waals surface area contributed by atoms with Crippen molar-refractivity contribution in [3.63, 3.8) is 0 Å². The molecule has 0 unspecified atom stereocenters. The molecule has 1 aromatic heterocycles. The average Bonchev–Trinajstić information content (AvgIpc) is 3.39. The highest BCUT2D eigenvalue weighted by atomic mass is 32.2. The number of aromatic nitrogens is 3. The van der Waals surface area contributed by atoms with Gasteiger partial charge in [0.25, 0.3) is 0 Å². The molecular weight excluding hydrogens is 516 g/mol. The fourth-order valence-electron chi connectivity index (χ4n) is 4.30. The second-order valence-electron chi connectivity index (χ2n) is 8.80. The van der Waals surface area contributed by atoms with Gasteiger partial charge in [-0.05, 0) is 42.8 Å². The quantitative estimate of drug-likeness (QED) is 0.287. The van der Waals surface area contributed by atoms with Crippen LogP contribution < -0.4 is 19.7 Å². The Morgan fingerprint density at radius 2 is 1.74 bits per heavy atom. The number of piperazine rings is 1. The van der Waals surface area contributed by atoms with E-state index in [1.807, 2.05) is 40.7 Å². The maximum absolute atomic E-state index is 12.9. The van der Waals surface area contributed by atoms with Crippen molar-refractivity contribution in [1.29, 1.82) is 0 Å². The van der Waals surface area contributed by atoms with Crippen molar-refractivity contribution in [2.45, 2.75) is 25.2 Å². The first-order chi connectivity index (χ1) is 19.0. The highest BCUT2D eigenvalue weighted by Gasteiger charge is 2.22. The normalized spacial score (nSPS) is 13.5. The standard InChI is InChI=1S/C28H34N6O4S/c1-4-34-25(19-29-26(35)13-11-21-10-12-23(37-2)24(18-21)38-3)30-31-28(34)39-20-27(36)33-16-14-32(15-17-33)22-8-6-5-7-9-22/h5-13,18H,4,14-17,19-20H2,1-3H3,(H,29,35)/b13-11+. The molecule has 1 fully saturated rings. The first-order valence-corrected chi connectivity index (χ1v) is 13.8. The molecule has 1 saturated heterocycles. The van der Waals surface area contributed by atoms with E-state index >= 15 is 0 Å². The molecule has 2 heterocycles. The van der Waals surface area contributed by atoms with E-state index in [1.54, 1.807) is 32.4 Å². The fourth-order valence-corrected chi connectivity index (χ4v) is 5.22. The van der Waals surface area contributed by atoms with E-state index < -0.39 is 0 Å². The first-order valence-electron chi connectivity index (χ1n) is 12.8. The zero-order chi connectivity index (χ0) is 27.6. The highest BCUT2D eigenvalue weighted by molar-refractivity contribution is 7.99. The Labute approximate surface area is 233 Å². The van der Waals surface area contributed by atoms with Gasteiger partial charge in [0.1, 0.15) is 0 Å². The van der Waals surface area contributed by atoms with Crippen molar-refractivity contribution >= 4 is 35.3 Å². The van der Waals surface area contributed by atoms with Crippen LogP contribution in [0.2, 0.25) is 0 Å². The number of nitrogens with one attached hydrogen (secondary N) is 1. The number of carbonyl (C=O) groups excluding carboxylic acids is 2. The van der Waals surface area contributed by atoms with Crippen LogP contribution in [-0.2, 0) is 22.7 Å². The molecule has 11 heteroatoms. The van der Waals surface area contributed by atoms with Gasteiger partial charge in [0.15, 0.2) is 22.5 Å². The minimum Gasteiger partial charge on any atom is -0.493 e. The lowest BCUT2D eigenvalue weighted by atomic mass is 10.2. The lowest BCUT2D eigenvalue weighted by molar-refractivity contribution is -0.128. The molecule has 0 saturated carbocycles. The lowest BCUT2D eigenvalue weighted by Crippen LogP contribution is -2.49. The van der Waals surface area contributed by atoms with Gasteiger partial charge in [-0.2, -0.15) is 0 Å². The molecule has 1 aliphatic heterocycles. The zero-order valence-corrected chi connectivity index (χ0v) is 23.3. The molecule has 3 aromatic rings. The topological polar surface area (TPSA) is 102 Å². The van der Waals surface area contributed by atoms with E-state index in [0.29, 0.717) is 47.9 Å². The summed E-state index contributed by atoms with van der Waals surface area (Å²) in [6, 6.07) is 15.7. The summed E-state index contributed by atoms with van der Waals surface area (Å²) in [6.07, 6.45) is 3.16. The summed E-state index contributed by atoms with van der Waals surface area (Å²) in [5.41, 5.74) is 2.00. The summed E-state index contributed by atoms with van der Waals surface area (Å²) in [5, 5.41) is 12.0. The van der Waals surface area contributed by atoms with Gasteiger partial charge in [0.2, 0.25) is 11.8 Å². The molecule has 2 amide bonds. The highest BCUT2D eigenvalue weighted by Crippen LogP contribution is 2.28. The van der Waals surface area contributed by atoms with Crippen molar-refractivity contribution in [3.8, 4) is 11.5 Å². The monoisotopic (exact) mass is 550 g/mol. The molecule has 0 aliphatic carbocycles. The summed E-state index contributed by atoms with van der Waals surface area (Å²) in [5.74, 6) is 1.98. The van der Waals surface area contributed by atoms with Crippen LogP contribution in [0.4, 0.5) is 5.69 Å². The molecule has 0 spiro atoms. The summed E-state index contributed by atoms with van der Waals surface area (Å²) in [6.45, 7) is 5.87. The van der Waals surface area contributed by atoms with E-state index in [2.05, 4.69) is 32.5 Å². The van der Waals surface area contributed by atoms with Crippen molar-refractivity contribution in [2.24, 2.45) is 0 Å². The molecule has 206 valence electrons. The van der Waals surface area contributed by atoms with Crippen molar-refractivity contribution in [2.75, 3.05) is 51.1 Å². The number of rotatable bonds is 11. The Morgan fingerprint density at radius 1 is 1.00 bits per heavy atom. The van der Waals surface area contributed by atoms with Gasteiger partial charge < -0.3 is 29.2 Å². The second-order valence-corrected chi connectivity index (χ2v) is 9.74. The van der Waals surface area contributed by atoms with E-state index in [1.165, 1.54) is 23.5 Å². The SMILES string of the molecule is CCn1c(CNC(=O)/C=C/c2ccc(OC)c(OC)c2)nnc1SCC(=O)N1CCN(c2ccccc2)CC1. The zero-order valence-electron chi connectivity index (χ0n) is 22.5. The fraction of sp³-hybridized carbons (Fsp3) is 0.357. The van der Waals surface area contributed by atoms with Crippen LogP contribution in [0.25, 0.3) is 6.08 Å². The largest absolute Gasteiger partial charge is 0.493 e. The summed E-state index contributed by atoms with van der Waals surface area (Å²) in [7, 11) is 3.14. The van der Waals surface area contributed by atoms with Crippen LogP contribution in [0.15, 0.2) is 59.8 Å². The first kappa shape index (κ1) is 28.0. The Kier molecular flexibility index (Phi) is 9.85. The maximum atomic E-state index is 12.9. The molecule has 39 heavy (non-hydrogen) atoms. The molecule has 0 bridgehead atoms. The van der Waals surface area contributed by atoms with Crippen molar-refractivity contribution in [1.82, 2.24) is 25.0 Å². The van der Waals surface area contributed by atoms with Gasteiger partial charge >= 0.3 is 0 Å². The van der Waals surface area contributed by atoms with Crippen LogP contribution in [0, 0.1) is 0 Å². The number of thioether (sulfide) groups is 1. The molecule has 1 aliphatic rings. The Morgan fingerprint density at radius 3 is 2.44 bits per heavy atom. The Bertz CT molecular complexity index is 1290. The van der Waals surface area contributed by atoms with E-state index in [-0.39, 0.29) is 18.4 Å². The Hall–Kier alpha value is -3.99. The molecule has 10 nitrogen and oxygen atoms in total. The molecule has 4 rings (SSSR count). The number of benzene rings is 2. The molecule has 2 aromatic carbocycles. The average molecular weight is 551 g/mol. The number of anilines is 1. The smallest absolute Gasteiger partial charge is 0.244 e. The Balaban J connectivity index is 1.25. The van der Waals surface area contributed by atoms with E-state index in [0.717, 1.165) is 18.7 Å². The van der Waals surface area contributed by atoms with Gasteiger partial charge in [-0.15, -0.1) is 10.2 Å². The minimum absolute atomic E-state index is 0.0912. The lowest BCUT2D eigenvalue weighted by Gasteiger charge is -2.36. The predicted octanol–water partition coefficient (Wildman–Crippen LogP) is 3.09. The third-order valence-corrected chi connectivity index (χ3v) is 7.40. The van der Waals surface area contributed by atoms with Crippen LogP contribution in [-0.4, -0.2) is 77.6 Å². The molecule has 0 atom stereocenters. The van der Waals surface area contributed by atoms with Crippen molar-refractivity contribution < 1.29 is 19.1 Å². The number of para-hydroxylation sites is 1. The van der Waals surface area contributed by atoms with Gasteiger partial charge in [-0.1, -0.05) is 36.0 Å². The number of ether oxygens (including phenoxy) is 2. The van der Waals surface area contributed by atoms with Crippen LogP contribution in [0.5, 0.6) is 11.5 Å². The number of nitrogens with zero attached hydrogens (tertiary/aromatic N) is 5. The third kappa shape index (κ3) is 7.32. The minimum atomic E-state index is -0.255. The summed E-state index contributed by atoms with van der Waals surface area (Å²) in [4.78, 5) is 29.5. The van der Waals surface area contributed by atoms with Gasteiger partial charge in [-0.3, -0.25) is 9.59 Å². The van der Waals surface area contributed by atoms with E-state index in [9.17, 15) is 9.59 Å². The van der Waals surface area contributed by atoms with Crippen molar-refractivity contribution in [3.05, 3.63) is 66.0 Å². The number of methoxy groups -OCH3 is 2. The molecule has 1 N–H and O–H groups in total. The summed E-state index contributed by atoms with van der Waals surface area (Å²) >= 11 is 1.38. The molecular formula is C28H34N6O4S. The van der Waals surface area contributed by atoms with Gasteiger partial charge in [-0.25, -0.2) is 0 Å². The van der Waals surface area contributed by atoms with Crippen LogP contribution >= 0.6 is 11.8 Å². The third-order valence-electron chi connectivity index (χ3n) is 6.44. The van der Waals surface area contributed by atoms with Crippen LogP contribution in [0.1, 0.15) is 18.3 Å². The predicted molar refractivity (Wildman–Crippen MR) is 152 cm³/mol. The van der Waals surface area contributed by atoms with E-state index in [4.69, 9.17) is 9.47 Å². The number of amides is 2. The molecule has 0 radical (unpaired) electrons. The summed E-state index contributed by atoms with van der Waals surface area (Å²) < 4.78 is 12.5. The second kappa shape index (κ2) is 13.7. The maximum Gasteiger partial charge on any atom is 0.244 e.